The number of nitrogens with zero attached hydrogens (tertiary/aromatic N) is 1. The molecular formula is C25H32ClN3O8S2. The molecule has 39 heavy (non-hydrogen) atoms. The highest BCUT2D eigenvalue weighted by atomic mass is 35.5. The van der Waals surface area contributed by atoms with Crippen molar-refractivity contribution in [2.24, 2.45) is 5.73 Å². The smallest absolute Gasteiger partial charge is 0.328 e. The molecule has 2 rings (SSSR count). The van der Waals surface area contributed by atoms with E-state index in [2.05, 4.69) is 5.32 Å². The summed E-state index contributed by atoms with van der Waals surface area (Å²) in [5.41, 5.74) is 6.71. The monoisotopic (exact) mass is 601 g/mol. The molecule has 0 radical (unpaired) electrons. The second-order valence-corrected chi connectivity index (χ2v) is 11.9. The maximum Gasteiger partial charge on any atom is 0.328 e. The van der Waals surface area contributed by atoms with Gasteiger partial charge in [0.05, 0.1) is 13.2 Å². The molecule has 4 unspecified atom stereocenters. The van der Waals surface area contributed by atoms with Crippen molar-refractivity contribution in [1.82, 2.24) is 10.2 Å². The van der Waals surface area contributed by atoms with Gasteiger partial charge in [-0.05, 0) is 37.0 Å². The number of carbonyl (C=O) groups is 5. The average molecular weight is 602 g/mol. The first-order valence-electron chi connectivity index (χ1n) is 12.0. The van der Waals surface area contributed by atoms with Crippen molar-refractivity contribution in [3.8, 4) is 0 Å². The maximum atomic E-state index is 12.7. The molecule has 11 nitrogen and oxygen atoms in total. The largest absolute Gasteiger partial charge is 0.480 e. The first kappa shape index (κ1) is 32.6. The Hall–Kier alpha value is -2.58. The standard InChI is InChI=1S/C25H32ClN3O8S2/c1-14(30)18(27)7-8-21(31)28-19(24(34)35)13-38-39-20-9-10-29(12-15(20)11-22(32)33)23(25(36)37-2)16-5-3-4-6-17(16)26/h3-6,11,18-20,23H,7-10,12-13,27H2,1-2H3,(H,28,31)(H,32,33)(H,34,35)/b15-11-. The number of aliphatic carboxylic acids is 2. The highest BCUT2D eigenvalue weighted by molar-refractivity contribution is 8.77. The molecule has 1 fully saturated rings. The number of nitrogens with one attached hydrogen (secondary N) is 1. The van der Waals surface area contributed by atoms with Crippen molar-refractivity contribution in [1.29, 1.82) is 0 Å². The molecule has 1 aliphatic heterocycles. The Morgan fingerprint density at radius 2 is 1.95 bits per heavy atom. The number of hydrogen-bond donors (Lipinski definition) is 4. The number of ether oxygens (including phenoxy) is 1. The summed E-state index contributed by atoms with van der Waals surface area (Å²) in [7, 11) is 3.77. The number of carboxylic acids is 2. The summed E-state index contributed by atoms with van der Waals surface area (Å²) in [4.78, 5) is 61.2. The molecule has 1 saturated heterocycles. The van der Waals surface area contributed by atoms with Gasteiger partial charge in [-0.15, -0.1) is 0 Å². The fourth-order valence-electron chi connectivity index (χ4n) is 3.91. The topological polar surface area (TPSA) is 176 Å². The molecule has 0 aromatic heterocycles. The summed E-state index contributed by atoms with van der Waals surface area (Å²) in [5, 5.41) is 21.5. The molecular weight excluding hydrogens is 570 g/mol. The molecule has 5 N–H and O–H groups in total. The Morgan fingerprint density at radius 3 is 2.54 bits per heavy atom. The Bertz CT molecular complexity index is 1100. The van der Waals surface area contributed by atoms with Gasteiger partial charge in [0.2, 0.25) is 5.91 Å². The number of likely N-dealkylation sites (tertiary alicyclic amines) is 1. The normalized spacial score (nSPS) is 19.1. The minimum absolute atomic E-state index is 0.0233. The average Bonchev–Trinajstić information content (AvgIpc) is 2.88. The lowest BCUT2D eigenvalue weighted by Gasteiger charge is -2.37. The summed E-state index contributed by atoms with van der Waals surface area (Å²) >= 11 is 6.35. The Kier molecular flexibility index (Phi) is 13.3. The lowest BCUT2D eigenvalue weighted by Crippen LogP contribution is -2.43. The van der Waals surface area contributed by atoms with Crippen LogP contribution in [0.25, 0.3) is 0 Å². The molecule has 0 saturated carbocycles. The number of halogens is 1. The molecule has 214 valence electrons. The Morgan fingerprint density at radius 1 is 1.26 bits per heavy atom. The number of ketones is 1. The van der Waals surface area contributed by atoms with E-state index in [1.807, 2.05) is 0 Å². The molecule has 1 aromatic carbocycles. The van der Waals surface area contributed by atoms with E-state index in [0.717, 1.165) is 6.08 Å². The number of hydrogen-bond acceptors (Lipinski definition) is 10. The molecule has 1 aliphatic rings. The van der Waals surface area contributed by atoms with Gasteiger partial charge in [-0.25, -0.2) is 14.4 Å². The number of carbonyl (C=O) groups excluding carboxylic acids is 3. The van der Waals surface area contributed by atoms with E-state index in [4.69, 9.17) is 22.1 Å². The molecule has 4 atom stereocenters. The highest BCUT2D eigenvalue weighted by Gasteiger charge is 2.36. The lowest BCUT2D eigenvalue weighted by molar-refractivity contribution is -0.147. The molecule has 14 heteroatoms. The molecule has 1 amide bonds. The van der Waals surface area contributed by atoms with Crippen LogP contribution in [0.1, 0.15) is 37.8 Å². The Balaban J connectivity index is 2.06. The zero-order valence-electron chi connectivity index (χ0n) is 21.5. The van der Waals surface area contributed by atoms with Crippen LogP contribution in [0.3, 0.4) is 0 Å². The minimum atomic E-state index is -1.22. The van der Waals surface area contributed by atoms with Crippen molar-refractivity contribution < 1.29 is 38.9 Å². The first-order chi connectivity index (χ1) is 18.4. The summed E-state index contributed by atoms with van der Waals surface area (Å²) in [6.45, 7) is 1.90. The predicted octanol–water partition coefficient (Wildman–Crippen LogP) is 2.29. The van der Waals surface area contributed by atoms with Crippen LogP contribution in [-0.2, 0) is 28.7 Å². The number of benzene rings is 1. The number of esters is 1. The fraction of sp³-hybridized carbons (Fsp3) is 0.480. The zero-order chi connectivity index (χ0) is 29.1. The second-order valence-electron chi connectivity index (χ2n) is 8.85. The van der Waals surface area contributed by atoms with Crippen molar-refractivity contribution >= 4 is 62.8 Å². The van der Waals surface area contributed by atoms with Crippen molar-refractivity contribution in [2.45, 2.75) is 49.6 Å². The quantitative estimate of drug-likeness (QED) is 0.139. The van der Waals surface area contributed by atoms with Crippen LogP contribution < -0.4 is 11.1 Å². The van der Waals surface area contributed by atoms with E-state index in [0.29, 0.717) is 29.1 Å². The fourth-order valence-corrected chi connectivity index (χ4v) is 7.02. The van der Waals surface area contributed by atoms with E-state index >= 15 is 0 Å². The number of methoxy groups -OCH3 is 1. The lowest BCUT2D eigenvalue weighted by atomic mass is 9.98. The number of Topliss-reactive ketones (excluding diaryl/α,β-unsaturated/α-hetero) is 1. The van der Waals surface area contributed by atoms with Crippen LogP contribution in [0.2, 0.25) is 5.02 Å². The van der Waals surface area contributed by atoms with Gasteiger partial charge in [0.25, 0.3) is 0 Å². The van der Waals surface area contributed by atoms with Crippen LogP contribution in [0.15, 0.2) is 35.9 Å². The molecule has 1 aromatic rings. The molecule has 0 aliphatic carbocycles. The third-order valence-corrected chi connectivity index (χ3v) is 9.27. The summed E-state index contributed by atoms with van der Waals surface area (Å²) < 4.78 is 5.01. The minimum Gasteiger partial charge on any atom is -0.480 e. The SMILES string of the molecule is COC(=O)C(c1ccccc1Cl)N1CCC(SSCC(NC(=O)CCC(N)C(C)=O)C(=O)O)/C(=C\C(=O)O)C1. The maximum absolute atomic E-state index is 12.7. The second kappa shape index (κ2) is 15.9. The van der Waals surface area contributed by atoms with Crippen molar-refractivity contribution in [3.05, 3.63) is 46.5 Å². The van der Waals surface area contributed by atoms with Crippen molar-refractivity contribution in [3.63, 3.8) is 0 Å². The van der Waals surface area contributed by atoms with Gasteiger partial charge in [-0.3, -0.25) is 14.5 Å². The van der Waals surface area contributed by atoms with Crippen LogP contribution in [-0.4, -0.2) is 88.0 Å². The van der Waals surface area contributed by atoms with Gasteiger partial charge >= 0.3 is 17.9 Å². The summed E-state index contributed by atoms with van der Waals surface area (Å²) in [6.07, 6.45) is 1.60. The summed E-state index contributed by atoms with van der Waals surface area (Å²) in [6, 6.07) is 4.07. The molecule has 0 spiro atoms. The van der Waals surface area contributed by atoms with Gasteiger partial charge in [0.15, 0.2) is 0 Å². The van der Waals surface area contributed by atoms with E-state index in [9.17, 15) is 34.2 Å². The Labute approximate surface area is 239 Å². The number of rotatable bonds is 14. The third-order valence-electron chi connectivity index (χ3n) is 6.03. The third kappa shape index (κ3) is 10.2. The summed E-state index contributed by atoms with van der Waals surface area (Å²) in [5.74, 6) is -3.65. The molecule has 1 heterocycles. The van der Waals surface area contributed by atoms with E-state index < -0.39 is 41.9 Å². The van der Waals surface area contributed by atoms with Crippen LogP contribution >= 0.6 is 33.2 Å². The predicted molar refractivity (Wildman–Crippen MR) is 149 cm³/mol. The number of carboxylic acid groups (broad SMARTS) is 2. The van der Waals surface area contributed by atoms with Gasteiger partial charge < -0.3 is 26.0 Å². The van der Waals surface area contributed by atoms with E-state index in [1.54, 1.807) is 29.2 Å². The molecule has 0 bridgehead atoms. The van der Waals surface area contributed by atoms with Crippen molar-refractivity contribution in [2.75, 3.05) is 26.0 Å². The van der Waals surface area contributed by atoms with Gasteiger partial charge in [-0.1, -0.05) is 51.4 Å². The zero-order valence-corrected chi connectivity index (χ0v) is 23.9. The first-order valence-corrected chi connectivity index (χ1v) is 14.8. The van der Waals surface area contributed by atoms with Crippen LogP contribution in [0.5, 0.6) is 0 Å². The van der Waals surface area contributed by atoms with Crippen LogP contribution in [0, 0.1) is 0 Å². The van der Waals surface area contributed by atoms with Gasteiger partial charge in [0, 0.05) is 41.6 Å². The number of nitrogens with two attached hydrogens (primary N) is 1. The van der Waals surface area contributed by atoms with Gasteiger partial charge in [-0.2, -0.15) is 0 Å². The number of piperidine rings is 1. The van der Waals surface area contributed by atoms with Crippen LogP contribution in [0.4, 0.5) is 0 Å². The number of amides is 1. The highest BCUT2D eigenvalue weighted by Crippen LogP contribution is 2.39. The van der Waals surface area contributed by atoms with E-state index in [1.165, 1.54) is 35.6 Å². The van der Waals surface area contributed by atoms with E-state index in [-0.39, 0.29) is 36.2 Å². The van der Waals surface area contributed by atoms with Gasteiger partial charge in [0.1, 0.15) is 17.9 Å².